The summed E-state index contributed by atoms with van der Waals surface area (Å²) in [5.74, 6) is -4.34. The molecule has 9 heteroatoms. The van der Waals surface area contributed by atoms with Gasteiger partial charge in [-0.15, -0.1) is 0 Å². The first-order valence-corrected chi connectivity index (χ1v) is 7.35. The number of carbonyl (C=O) groups is 2. The van der Waals surface area contributed by atoms with Crippen molar-refractivity contribution < 1.29 is 18.4 Å². The van der Waals surface area contributed by atoms with Gasteiger partial charge in [0, 0.05) is 32.3 Å². The van der Waals surface area contributed by atoms with Gasteiger partial charge in [0.1, 0.15) is 0 Å². The molecule has 0 radical (unpaired) electrons. The molecule has 0 saturated carbocycles. The molecule has 0 aliphatic carbocycles. The number of aromatic nitrogens is 2. The highest BCUT2D eigenvalue weighted by Crippen LogP contribution is 2.35. The second kappa shape index (κ2) is 6.61. The number of rotatable bonds is 5. The minimum atomic E-state index is -3.14. The van der Waals surface area contributed by atoms with Crippen LogP contribution in [0.15, 0.2) is 12.4 Å². The van der Waals surface area contributed by atoms with E-state index >= 15 is 0 Å². The summed E-state index contributed by atoms with van der Waals surface area (Å²) in [5.41, 5.74) is 5.67. The van der Waals surface area contributed by atoms with Gasteiger partial charge in [0.25, 0.3) is 5.92 Å². The molecular weight excluding hydrogens is 308 g/mol. The van der Waals surface area contributed by atoms with E-state index in [1.807, 2.05) is 0 Å². The number of nitrogens with two attached hydrogens (primary N) is 1. The molecule has 1 aliphatic heterocycles. The van der Waals surface area contributed by atoms with Crippen LogP contribution in [0.4, 0.5) is 8.78 Å². The maximum Gasteiger partial charge on any atom is 0.277 e. The van der Waals surface area contributed by atoms with Crippen LogP contribution in [-0.4, -0.2) is 52.6 Å². The molecule has 1 aliphatic rings. The predicted octanol–water partition coefficient (Wildman–Crippen LogP) is 0.0398. The van der Waals surface area contributed by atoms with Gasteiger partial charge in [-0.25, -0.2) is 8.78 Å². The fourth-order valence-corrected chi connectivity index (χ4v) is 2.78. The number of nitrogens with one attached hydrogen (secondary N) is 1. The highest BCUT2D eigenvalue weighted by Gasteiger charge is 2.40. The highest BCUT2D eigenvalue weighted by molar-refractivity contribution is 5.84. The van der Waals surface area contributed by atoms with E-state index in [1.54, 1.807) is 31.2 Å². The number of carbonyl (C=O) groups excluding carboxylic acids is 2. The third kappa shape index (κ3) is 3.84. The molecule has 0 bridgehead atoms. The lowest BCUT2D eigenvalue weighted by Gasteiger charge is -2.37. The van der Waals surface area contributed by atoms with Crippen molar-refractivity contribution in [3.05, 3.63) is 18.0 Å². The Bertz CT molecular complexity index is 589. The van der Waals surface area contributed by atoms with Gasteiger partial charge in [0.05, 0.1) is 31.2 Å². The zero-order valence-corrected chi connectivity index (χ0v) is 13.1. The number of hydrogen-bond acceptors (Lipinski definition) is 4. The molecule has 2 unspecified atom stereocenters. The van der Waals surface area contributed by atoms with Crippen molar-refractivity contribution >= 4 is 11.8 Å². The lowest BCUT2D eigenvalue weighted by molar-refractivity contribution is -0.142. The van der Waals surface area contributed by atoms with Crippen molar-refractivity contribution in [2.75, 3.05) is 20.1 Å². The Balaban J connectivity index is 2.17. The molecule has 2 heterocycles. The van der Waals surface area contributed by atoms with Gasteiger partial charge in [-0.1, -0.05) is 0 Å². The van der Waals surface area contributed by atoms with Gasteiger partial charge in [0.15, 0.2) is 0 Å². The first-order valence-electron chi connectivity index (χ1n) is 7.35. The van der Waals surface area contributed by atoms with Crippen molar-refractivity contribution in [2.24, 2.45) is 18.7 Å². The Hall–Kier alpha value is -2.03. The predicted molar refractivity (Wildman–Crippen MR) is 78.5 cm³/mol. The monoisotopic (exact) mass is 329 g/mol. The third-order valence-corrected chi connectivity index (χ3v) is 4.08. The van der Waals surface area contributed by atoms with Gasteiger partial charge in [0.2, 0.25) is 11.8 Å². The van der Waals surface area contributed by atoms with Gasteiger partial charge in [-0.3, -0.25) is 14.3 Å². The number of halogens is 2. The van der Waals surface area contributed by atoms with Gasteiger partial charge in [-0.05, 0) is 6.42 Å². The summed E-state index contributed by atoms with van der Waals surface area (Å²) in [6, 6.07) is -0.517. The zero-order chi connectivity index (χ0) is 17.2. The lowest BCUT2D eigenvalue weighted by Crippen LogP contribution is -2.49. The number of piperidine rings is 1. The Morgan fingerprint density at radius 2 is 2.22 bits per heavy atom. The Morgan fingerprint density at radius 1 is 1.52 bits per heavy atom. The number of aryl methyl sites for hydroxylation is 1. The Morgan fingerprint density at radius 3 is 2.78 bits per heavy atom. The maximum absolute atomic E-state index is 13.2. The number of hydrogen-bond donors (Lipinski definition) is 2. The summed E-state index contributed by atoms with van der Waals surface area (Å²) >= 11 is 0. The van der Waals surface area contributed by atoms with E-state index in [0.717, 1.165) is 0 Å². The van der Waals surface area contributed by atoms with Gasteiger partial charge >= 0.3 is 0 Å². The second-order valence-corrected chi connectivity index (χ2v) is 5.82. The fourth-order valence-electron chi connectivity index (χ4n) is 2.78. The van der Waals surface area contributed by atoms with Crippen LogP contribution in [0, 0.1) is 5.92 Å². The molecule has 1 aromatic rings. The minimum Gasteiger partial charge on any atom is -0.350 e. The maximum atomic E-state index is 13.2. The molecule has 1 fully saturated rings. The van der Waals surface area contributed by atoms with E-state index in [1.165, 1.54) is 4.90 Å². The number of likely N-dealkylation sites (tertiary alicyclic amines) is 1. The van der Waals surface area contributed by atoms with E-state index < -0.39 is 36.9 Å². The van der Waals surface area contributed by atoms with Crippen molar-refractivity contribution in [3.63, 3.8) is 0 Å². The third-order valence-electron chi connectivity index (χ3n) is 4.08. The van der Waals surface area contributed by atoms with E-state index in [0.29, 0.717) is 12.0 Å². The average molecular weight is 329 g/mol. The summed E-state index contributed by atoms with van der Waals surface area (Å²) in [4.78, 5) is 25.8. The zero-order valence-electron chi connectivity index (χ0n) is 13.1. The molecule has 2 atom stereocenters. The quantitative estimate of drug-likeness (QED) is 0.798. The highest BCUT2D eigenvalue weighted by atomic mass is 19.3. The largest absolute Gasteiger partial charge is 0.350 e. The molecule has 0 aromatic carbocycles. The molecular formula is C14H21F2N5O2. The van der Waals surface area contributed by atoms with E-state index in [9.17, 15) is 18.4 Å². The molecule has 0 spiro atoms. The molecule has 3 N–H and O–H groups in total. The normalized spacial score (nSPS) is 22.3. The van der Waals surface area contributed by atoms with Crippen molar-refractivity contribution in [1.29, 1.82) is 0 Å². The summed E-state index contributed by atoms with van der Waals surface area (Å²) in [6.07, 6.45) is 3.81. The second-order valence-electron chi connectivity index (χ2n) is 5.82. The molecule has 2 amide bonds. The standard InChI is InChI=1S/C14H21F2N5O2/c1-20-6-9(5-19-20)12-10(3-4-11(22)21(12)2)13(23)18-8-14(15,16)7-17/h5-6,10,12H,3-4,7-8,17H2,1-2H3,(H,18,23). The van der Waals surface area contributed by atoms with Gasteiger partial charge in [-0.2, -0.15) is 5.10 Å². The topological polar surface area (TPSA) is 93.2 Å². The van der Waals surface area contributed by atoms with Gasteiger partial charge < -0.3 is 16.0 Å². The van der Waals surface area contributed by atoms with Crippen LogP contribution in [0.1, 0.15) is 24.4 Å². The van der Waals surface area contributed by atoms with Crippen LogP contribution < -0.4 is 11.1 Å². The Kier molecular flexibility index (Phi) is 4.98. The van der Waals surface area contributed by atoms with E-state index in [2.05, 4.69) is 10.4 Å². The van der Waals surface area contributed by atoms with E-state index in [-0.39, 0.29) is 12.3 Å². The molecule has 1 aromatic heterocycles. The summed E-state index contributed by atoms with van der Waals surface area (Å²) in [6.45, 7) is -1.64. The smallest absolute Gasteiger partial charge is 0.277 e. The van der Waals surface area contributed by atoms with Crippen LogP contribution in [0.2, 0.25) is 0 Å². The molecule has 23 heavy (non-hydrogen) atoms. The van der Waals surface area contributed by atoms with Crippen LogP contribution in [0.3, 0.4) is 0 Å². The fraction of sp³-hybridized carbons (Fsp3) is 0.643. The number of amides is 2. The summed E-state index contributed by atoms with van der Waals surface area (Å²) in [5, 5.41) is 6.31. The lowest BCUT2D eigenvalue weighted by atomic mass is 9.85. The first kappa shape index (κ1) is 17.3. The SMILES string of the molecule is CN1C(=O)CCC(C(=O)NCC(F)(F)CN)C1c1cnn(C)c1. The molecule has 2 rings (SSSR count). The van der Waals surface area contributed by atoms with E-state index in [4.69, 9.17) is 5.73 Å². The average Bonchev–Trinajstić information content (AvgIpc) is 2.93. The first-order chi connectivity index (χ1) is 10.7. The number of nitrogens with zero attached hydrogens (tertiary/aromatic N) is 3. The molecule has 128 valence electrons. The Labute approximate surface area is 132 Å². The van der Waals surface area contributed by atoms with Crippen molar-refractivity contribution in [1.82, 2.24) is 20.0 Å². The van der Waals surface area contributed by atoms with Crippen LogP contribution in [0.25, 0.3) is 0 Å². The number of alkyl halides is 2. The van der Waals surface area contributed by atoms with Crippen molar-refractivity contribution in [2.45, 2.75) is 24.8 Å². The van der Waals surface area contributed by atoms with Crippen LogP contribution >= 0.6 is 0 Å². The summed E-state index contributed by atoms with van der Waals surface area (Å²) < 4.78 is 28.0. The molecule has 7 nitrogen and oxygen atoms in total. The molecule has 1 saturated heterocycles. The van der Waals surface area contributed by atoms with Crippen LogP contribution in [0.5, 0.6) is 0 Å². The minimum absolute atomic E-state index is 0.0878. The van der Waals surface area contributed by atoms with Crippen molar-refractivity contribution in [3.8, 4) is 0 Å². The van der Waals surface area contributed by atoms with Crippen LogP contribution in [-0.2, 0) is 16.6 Å². The summed E-state index contributed by atoms with van der Waals surface area (Å²) in [7, 11) is 3.33.